The van der Waals surface area contributed by atoms with Gasteiger partial charge in [0.1, 0.15) is 0 Å². The smallest absolute Gasteiger partial charge is 0.252 e. The molecule has 4 nitrogen and oxygen atoms in total. The van der Waals surface area contributed by atoms with Crippen molar-refractivity contribution in [2.75, 3.05) is 9.80 Å². The van der Waals surface area contributed by atoms with E-state index in [2.05, 4.69) is 215 Å². The second kappa shape index (κ2) is 24.9. The normalized spacial score (nSPS) is 15.4. The van der Waals surface area contributed by atoms with E-state index in [1.54, 1.807) is 9.13 Å². The summed E-state index contributed by atoms with van der Waals surface area (Å²) in [5, 5.41) is -0.453. The molecule has 4 heterocycles. The summed E-state index contributed by atoms with van der Waals surface area (Å²) in [5.74, 6) is 0. The highest BCUT2D eigenvalue weighted by molar-refractivity contribution is 7.00. The van der Waals surface area contributed by atoms with Crippen LogP contribution in [-0.4, -0.2) is 15.8 Å². The first-order valence-corrected chi connectivity index (χ1v) is 37.4. The van der Waals surface area contributed by atoms with Crippen LogP contribution in [0.15, 0.2) is 370 Å². The van der Waals surface area contributed by atoms with Crippen LogP contribution >= 0.6 is 0 Å². The standard InChI is InChI=1S/C105H79BN4/c1-103(2,3)74-59-83(68-35-13-7-14-36-68)101(84(60-74)69-37-15-8-16-38-69)109-96-63-76(107-92-53-31-26-48-79(92)80-49-27-32-54-93(80)107)57-58-90(96)106-91-67-89-87(78-47-25-30-52-88(78)105(89,72-43-21-11-22-44-72)73-45-23-12-24-46-73)66-97(91)110(99-65-77(64-98(109)100(99)106)108-94-55-33-28-50-81(94)82-51-29-34-56-95(82)108)102-85(70-39-17-9-18-40-70)61-75(104(4,5)6)62-86(102)71-41-19-10-20-42-71/h7-67H,1-6H3/i26D,27D,28D,29D,31D,32D,33D,34D,48D,49D,50D,51D,53D,54D,55D,56D. The van der Waals surface area contributed by atoms with E-state index in [1.807, 2.05) is 109 Å². The Morgan fingerprint density at radius 2 is 0.636 bits per heavy atom. The average Bonchev–Trinajstić information content (AvgIpc) is 1.33. The van der Waals surface area contributed by atoms with Crippen LogP contribution in [-0.2, 0) is 16.2 Å². The second-order valence-electron chi connectivity index (χ2n) is 31.1. The third kappa shape index (κ3) is 9.86. The highest BCUT2D eigenvalue weighted by Gasteiger charge is 2.51. The average molecular weight is 1420 g/mol. The first-order valence-electron chi connectivity index (χ1n) is 45.4. The Balaban J connectivity index is 1.05. The van der Waals surface area contributed by atoms with Crippen molar-refractivity contribution in [2.24, 2.45) is 0 Å². The minimum Gasteiger partial charge on any atom is -0.310 e. The lowest BCUT2D eigenvalue weighted by Gasteiger charge is -2.46. The molecule has 0 saturated heterocycles. The van der Waals surface area contributed by atoms with Crippen LogP contribution in [0, 0.1) is 0 Å². The highest BCUT2D eigenvalue weighted by atomic mass is 15.2. The Morgan fingerprint density at radius 1 is 0.291 bits per heavy atom. The van der Waals surface area contributed by atoms with E-state index in [0.29, 0.717) is 22.7 Å². The number of fused-ring (bicyclic) bond motifs is 13. The molecule has 21 rings (SSSR count). The maximum absolute atomic E-state index is 10.4. The van der Waals surface area contributed by atoms with E-state index in [-0.39, 0.29) is 55.0 Å². The van der Waals surface area contributed by atoms with Gasteiger partial charge in [-0.05, 0) is 173 Å². The lowest BCUT2D eigenvalue weighted by atomic mass is 9.33. The van der Waals surface area contributed by atoms with Crippen molar-refractivity contribution in [1.29, 1.82) is 0 Å². The maximum Gasteiger partial charge on any atom is 0.252 e. The van der Waals surface area contributed by atoms with Crippen molar-refractivity contribution < 1.29 is 21.9 Å². The van der Waals surface area contributed by atoms with Crippen molar-refractivity contribution in [3.63, 3.8) is 0 Å². The number of benzene rings is 16. The number of hydrogen-bond acceptors (Lipinski definition) is 2. The van der Waals surface area contributed by atoms with Gasteiger partial charge < -0.3 is 18.9 Å². The van der Waals surface area contributed by atoms with Crippen molar-refractivity contribution >= 4 is 101 Å². The van der Waals surface area contributed by atoms with Crippen LogP contribution in [0.5, 0.6) is 0 Å². The Hall–Kier alpha value is -13.2. The highest BCUT2D eigenvalue weighted by Crippen LogP contribution is 2.60. The number of para-hydroxylation sites is 4. The largest absolute Gasteiger partial charge is 0.310 e. The van der Waals surface area contributed by atoms with Crippen molar-refractivity contribution in [3.05, 3.63) is 403 Å². The van der Waals surface area contributed by atoms with Gasteiger partial charge in [-0.15, -0.1) is 0 Å². The third-order valence-electron chi connectivity index (χ3n) is 22.9. The van der Waals surface area contributed by atoms with Gasteiger partial charge in [0.25, 0.3) is 6.71 Å². The predicted octanol–water partition coefficient (Wildman–Crippen LogP) is 25.6. The molecule has 1 aliphatic carbocycles. The molecule has 2 aromatic heterocycles. The van der Waals surface area contributed by atoms with E-state index >= 15 is 0 Å². The molecule has 0 bridgehead atoms. The van der Waals surface area contributed by atoms with Gasteiger partial charge in [-0.3, -0.25) is 0 Å². The van der Waals surface area contributed by atoms with Crippen molar-refractivity contribution in [1.82, 2.24) is 9.13 Å². The summed E-state index contributed by atoms with van der Waals surface area (Å²) in [6, 6.07) is 85.8. The Labute approximate surface area is 666 Å². The lowest BCUT2D eigenvalue weighted by Crippen LogP contribution is -2.61. The molecule has 0 saturated carbocycles. The molecule has 0 N–H and O–H groups in total. The number of nitrogens with zero attached hydrogens (tertiary/aromatic N) is 4. The molecule has 5 heteroatoms. The summed E-state index contributed by atoms with van der Waals surface area (Å²) < 4.78 is 159. The molecule has 16 aromatic carbocycles. The third-order valence-corrected chi connectivity index (χ3v) is 22.9. The van der Waals surface area contributed by atoms with Crippen molar-refractivity contribution in [2.45, 2.75) is 57.8 Å². The van der Waals surface area contributed by atoms with E-state index < -0.39 is 120 Å². The zero-order chi connectivity index (χ0) is 87.7. The van der Waals surface area contributed by atoms with Gasteiger partial charge >= 0.3 is 0 Å². The summed E-state index contributed by atoms with van der Waals surface area (Å²) in [6.07, 6.45) is 0. The SMILES string of the molecule is [2H]c1c([2H])c([2H])c2c(c1[2H])c1c([2H])c([2H])c([2H])c([2H])c1n2-c1ccc2c(c1)N(c1c(-c3ccccc3)cc(C(C)(C)C)cc1-c1ccccc1)c1cc(-n3c4c([2H])c([2H])c([2H])c([2H])c4c4c([2H])c([2H])c([2H])c([2H])c43)cc3c1B2c1cc2c(cc1N3c1c(-c3ccccc3)cc(C(C)(C)C)cc1-c1ccccc1)-c1ccccc1C2(c1ccccc1)c1ccccc1. The van der Waals surface area contributed by atoms with Crippen LogP contribution in [0.1, 0.15) is 96.9 Å². The summed E-state index contributed by atoms with van der Waals surface area (Å²) in [7, 11) is 0. The quantitative estimate of drug-likeness (QED) is 0.127. The number of hydrogen-bond donors (Lipinski definition) is 0. The summed E-state index contributed by atoms with van der Waals surface area (Å²) in [6.45, 7) is 12.3. The fourth-order valence-corrected chi connectivity index (χ4v) is 18.0. The van der Waals surface area contributed by atoms with Crippen LogP contribution in [0.4, 0.5) is 34.1 Å². The lowest BCUT2D eigenvalue weighted by molar-refractivity contribution is 0.590. The van der Waals surface area contributed by atoms with Gasteiger partial charge in [0, 0.05) is 72.2 Å². The first-order chi connectivity index (χ1) is 60.5. The van der Waals surface area contributed by atoms with Crippen LogP contribution < -0.4 is 26.2 Å². The Morgan fingerprint density at radius 3 is 1.04 bits per heavy atom. The zero-order valence-corrected chi connectivity index (χ0v) is 61.3. The summed E-state index contributed by atoms with van der Waals surface area (Å²) in [4.78, 5) is 4.61. The van der Waals surface area contributed by atoms with Gasteiger partial charge in [0.15, 0.2) is 0 Å². The monoisotopic (exact) mass is 1420 g/mol. The molecular weight excluding hydrogens is 1330 g/mol. The number of anilines is 6. The molecule has 3 aliphatic rings. The second-order valence-corrected chi connectivity index (χ2v) is 31.1. The first kappa shape index (κ1) is 50.4. The summed E-state index contributed by atoms with van der Waals surface area (Å²) in [5.41, 5.74) is 18.7. The minimum atomic E-state index is -0.994. The van der Waals surface area contributed by atoms with Crippen LogP contribution in [0.25, 0.3) is 111 Å². The Bertz CT molecular complexity index is 7430. The molecular formula is C105H79BN4. The molecule has 2 aliphatic heterocycles. The molecule has 0 unspecified atom stereocenters. The molecule has 0 amide bonds. The number of rotatable bonds is 10. The topological polar surface area (TPSA) is 16.3 Å². The van der Waals surface area contributed by atoms with Gasteiger partial charge in [0.2, 0.25) is 0 Å². The Kier molecular flexibility index (Phi) is 11.4. The fourth-order valence-electron chi connectivity index (χ4n) is 18.0. The van der Waals surface area contributed by atoms with E-state index in [9.17, 15) is 21.9 Å². The molecule has 0 atom stereocenters. The van der Waals surface area contributed by atoms with Gasteiger partial charge in [-0.25, -0.2) is 0 Å². The van der Waals surface area contributed by atoms with E-state index in [0.717, 1.165) is 117 Å². The maximum atomic E-state index is 10.4. The predicted molar refractivity (Wildman–Crippen MR) is 466 cm³/mol. The molecule has 0 radical (unpaired) electrons. The number of aromatic nitrogens is 2. The molecule has 18 aromatic rings. The summed E-state index contributed by atoms with van der Waals surface area (Å²) >= 11 is 0. The fraction of sp³-hybridized carbons (Fsp3) is 0.0857. The van der Waals surface area contributed by atoms with Crippen molar-refractivity contribution in [3.8, 4) is 67.0 Å². The van der Waals surface area contributed by atoms with E-state index in [4.69, 9.17) is 0 Å². The molecule has 0 spiro atoms. The van der Waals surface area contributed by atoms with E-state index in [1.165, 1.54) is 0 Å². The molecule has 522 valence electrons. The van der Waals surface area contributed by atoms with Gasteiger partial charge in [-0.1, -0.05) is 332 Å². The van der Waals surface area contributed by atoms with Crippen LogP contribution in [0.3, 0.4) is 0 Å². The van der Waals surface area contributed by atoms with Gasteiger partial charge in [0.05, 0.1) is 66.5 Å². The van der Waals surface area contributed by atoms with Crippen LogP contribution in [0.2, 0.25) is 0 Å². The minimum absolute atomic E-state index is 0.0897. The zero-order valence-electron chi connectivity index (χ0n) is 77.3. The molecule has 110 heavy (non-hydrogen) atoms. The van der Waals surface area contributed by atoms with Gasteiger partial charge in [-0.2, -0.15) is 0 Å². The molecule has 0 fully saturated rings.